The number of H-pyrrole nitrogens is 1. The number of aromatic nitrogens is 3. The molecule has 17 heavy (non-hydrogen) atoms. The van der Waals surface area contributed by atoms with Gasteiger partial charge in [0.2, 0.25) is 0 Å². The summed E-state index contributed by atoms with van der Waals surface area (Å²) in [5, 5.41) is 10.1. The van der Waals surface area contributed by atoms with Gasteiger partial charge in [-0.25, -0.2) is 4.98 Å². The van der Waals surface area contributed by atoms with E-state index in [0.717, 1.165) is 23.7 Å². The molecule has 5 heteroatoms. The number of benzene rings is 1. The van der Waals surface area contributed by atoms with Crippen molar-refractivity contribution < 1.29 is 4.74 Å². The first-order valence-corrected chi connectivity index (χ1v) is 5.57. The van der Waals surface area contributed by atoms with Gasteiger partial charge >= 0.3 is 0 Å². The number of ether oxygens (including phenoxy) is 1. The Hall–Kier alpha value is -1.88. The van der Waals surface area contributed by atoms with Crippen molar-refractivity contribution in [2.24, 2.45) is 0 Å². The first kappa shape index (κ1) is 11.6. The van der Waals surface area contributed by atoms with Gasteiger partial charge in [-0.2, -0.15) is 5.10 Å². The normalized spacial score (nSPS) is 12.4. The number of nitrogens with zero attached hydrogens (tertiary/aromatic N) is 2. The zero-order valence-corrected chi connectivity index (χ0v) is 9.97. The minimum absolute atomic E-state index is 0.0356. The SMILES string of the molecule is CCNC(c1ccc(OC)cc1)c1ncn[nH]1. The van der Waals surface area contributed by atoms with Crippen molar-refractivity contribution >= 4 is 0 Å². The maximum atomic E-state index is 5.14. The molecule has 1 aromatic heterocycles. The van der Waals surface area contributed by atoms with Crippen molar-refractivity contribution in [2.75, 3.05) is 13.7 Å². The molecule has 1 aromatic carbocycles. The van der Waals surface area contributed by atoms with E-state index in [1.165, 1.54) is 6.33 Å². The molecular weight excluding hydrogens is 216 g/mol. The van der Waals surface area contributed by atoms with E-state index in [1.807, 2.05) is 24.3 Å². The molecule has 1 heterocycles. The highest BCUT2D eigenvalue weighted by Gasteiger charge is 2.15. The minimum Gasteiger partial charge on any atom is -0.497 e. The number of hydrogen-bond donors (Lipinski definition) is 2. The van der Waals surface area contributed by atoms with E-state index in [4.69, 9.17) is 4.74 Å². The zero-order valence-electron chi connectivity index (χ0n) is 9.97. The third kappa shape index (κ3) is 2.62. The molecule has 0 saturated carbocycles. The van der Waals surface area contributed by atoms with Crippen LogP contribution in [0.1, 0.15) is 24.4 Å². The lowest BCUT2D eigenvalue weighted by molar-refractivity contribution is 0.414. The molecule has 90 valence electrons. The van der Waals surface area contributed by atoms with Gasteiger partial charge < -0.3 is 10.1 Å². The van der Waals surface area contributed by atoms with Gasteiger partial charge in [0, 0.05) is 0 Å². The van der Waals surface area contributed by atoms with Crippen molar-refractivity contribution in [3.8, 4) is 5.75 Å². The van der Waals surface area contributed by atoms with Crippen LogP contribution >= 0.6 is 0 Å². The Morgan fingerprint density at radius 2 is 2.12 bits per heavy atom. The van der Waals surface area contributed by atoms with Crippen LogP contribution in [-0.4, -0.2) is 28.8 Å². The Morgan fingerprint density at radius 1 is 1.35 bits per heavy atom. The number of aromatic amines is 1. The van der Waals surface area contributed by atoms with Crippen LogP contribution < -0.4 is 10.1 Å². The maximum absolute atomic E-state index is 5.14. The van der Waals surface area contributed by atoms with E-state index in [1.54, 1.807) is 7.11 Å². The van der Waals surface area contributed by atoms with Crippen LogP contribution in [0.3, 0.4) is 0 Å². The van der Waals surface area contributed by atoms with Gasteiger partial charge in [-0.1, -0.05) is 19.1 Å². The smallest absolute Gasteiger partial charge is 0.145 e. The molecule has 1 unspecified atom stereocenters. The van der Waals surface area contributed by atoms with Crippen molar-refractivity contribution in [1.29, 1.82) is 0 Å². The second-order valence-electron chi connectivity index (χ2n) is 3.63. The summed E-state index contributed by atoms with van der Waals surface area (Å²) in [5.41, 5.74) is 1.13. The summed E-state index contributed by atoms with van der Waals surface area (Å²) in [4.78, 5) is 4.19. The van der Waals surface area contributed by atoms with E-state index in [-0.39, 0.29) is 6.04 Å². The fourth-order valence-corrected chi connectivity index (χ4v) is 1.73. The van der Waals surface area contributed by atoms with Gasteiger partial charge in [-0.3, -0.25) is 5.10 Å². The zero-order chi connectivity index (χ0) is 12.1. The average molecular weight is 232 g/mol. The molecule has 1 atom stereocenters. The van der Waals surface area contributed by atoms with Gasteiger partial charge in [0.05, 0.1) is 13.2 Å². The highest BCUT2D eigenvalue weighted by molar-refractivity contribution is 5.31. The second-order valence-corrected chi connectivity index (χ2v) is 3.63. The number of rotatable bonds is 5. The summed E-state index contributed by atoms with van der Waals surface area (Å²) in [6.45, 7) is 2.92. The molecule has 0 aliphatic carbocycles. The predicted molar refractivity (Wildman–Crippen MR) is 64.9 cm³/mol. The Bertz CT molecular complexity index is 438. The molecule has 2 rings (SSSR count). The average Bonchev–Trinajstić information content (AvgIpc) is 2.90. The third-order valence-electron chi connectivity index (χ3n) is 2.56. The molecule has 0 aliphatic rings. The van der Waals surface area contributed by atoms with E-state index < -0.39 is 0 Å². The third-order valence-corrected chi connectivity index (χ3v) is 2.56. The Labute approximate surface area is 100 Å². The largest absolute Gasteiger partial charge is 0.497 e. The quantitative estimate of drug-likeness (QED) is 0.820. The van der Waals surface area contributed by atoms with E-state index >= 15 is 0 Å². The Kier molecular flexibility index (Phi) is 3.72. The van der Waals surface area contributed by atoms with E-state index in [2.05, 4.69) is 27.4 Å². The lowest BCUT2D eigenvalue weighted by atomic mass is 10.1. The molecule has 2 N–H and O–H groups in total. The predicted octanol–water partition coefficient (Wildman–Crippen LogP) is 1.51. The maximum Gasteiger partial charge on any atom is 0.145 e. The summed E-state index contributed by atoms with van der Waals surface area (Å²) in [6.07, 6.45) is 1.52. The monoisotopic (exact) mass is 232 g/mol. The van der Waals surface area contributed by atoms with Crippen LogP contribution in [0.5, 0.6) is 5.75 Å². The topological polar surface area (TPSA) is 62.8 Å². The van der Waals surface area contributed by atoms with Gasteiger partial charge in [-0.15, -0.1) is 0 Å². The van der Waals surface area contributed by atoms with Crippen LogP contribution in [0.2, 0.25) is 0 Å². The van der Waals surface area contributed by atoms with E-state index in [0.29, 0.717) is 0 Å². The van der Waals surface area contributed by atoms with Gasteiger partial charge in [0.1, 0.15) is 17.9 Å². The minimum atomic E-state index is 0.0356. The Balaban J connectivity index is 2.26. The summed E-state index contributed by atoms with van der Waals surface area (Å²) >= 11 is 0. The van der Waals surface area contributed by atoms with Crippen molar-refractivity contribution in [1.82, 2.24) is 20.5 Å². The number of methoxy groups -OCH3 is 1. The molecular formula is C12H16N4O. The number of nitrogens with one attached hydrogen (secondary N) is 2. The molecule has 0 bridgehead atoms. The van der Waals surface area contributed by atoms with Crippen LogP contribution in [0, 0.1) is 0 Å². The molecule has 0 aliphatic heterocycles. The van der Waals surface area contributed by atoms with Crippen molar-refractivity contribution in [3.63, 3.8) is 0 Å². The molecule has 2 aromatic rings. The van der Waals surface area contributed by atoms with Crippen LogP contribution in [0.15, 0.2) is 30.6 Å². The fraction of sp³-hybridized carbons (Fsp3) is 0.333. The Morgan fingerprint density at radius 3 is 2.65 bits per heavy atom. The summed E-state index contributed by atoms with van der Waals surface area (Å²) < 4.78 is 5.14. The number of hydrogen-bond acceptors (Lipinski definition) is 4. The van der Waals surface area contributed by atoms with Crippen LogP contribution in [0.4, 0.5) is 0 Å². The van der Waals surface area contributed by atoms with Gasteiger partial charge in [-0.05, 0) is 24.2 Å². The van der Waals surface area contributed by atoms with Crippen LogP contribution in [-0.2, 0) is 0 Å². The summed E-state index contributed by atoms with van der Waals surface area (Å²) in [5.74, 6) is 1.67. The standard InChI is InChI=1S/C12H16N4O/c1-3-13-11(12-14-8-15-16-12)9-4-6-10(17-2)7-5-9/h4-8,11,13H,3H2,1-2H3,(H,14,15,16). The van der Waals surface area contributed by atoms with Crippen molar-refractivity contribution in [3.05, 3.63) is 42.0 Å². The molecule has 0 radical (unpaired) electrons. The second kappa shape index (κ2) is 5.45. The van der Waals surface area contributed by atoms with Gasteiger partial charge in [0.15, 0.2) is 0 Å². The highest BCUT2D eigenvalue weighted by atomic mass is 16.5. The molecule has 0 fully saturated rings. The molecule has 0 spiro atoms. The lowest BCUT2D eigenvalue weighted by Crippen LogP contribution is -2.23. The highest BCUT2D eigenvalue weighted by Crippen LogP contribution is 2.21. The summed E-state index contributed by atoms with van der Waals surface area (Å²) in [7, 11) is 1.66. The molecule has 0 amide bonds. The fourth-order valence-electron chi connectivity index (χ4n) is 1.73. The van der Waals surface area contributed by atoms with Crippen molar-refractivity contribution in [2.45, 2.75) is 13.0 Å². The molecule has 0 saturated heterocycles. The summed E-state index contributed by atoms with van der Waals surface area (Å²) in [6, 6.07) is 7.96. The van der Waals surface area contributed by atoms with Crippen LogP contribution in [0.25, 0.3) is 0 Å². The lowest BCUT2D eigenvalue weighted by Gasteiger charge is -2.15. The first-order valence-electron chi connectivity index (χ1n) is 5.57. The first-order chi connectivity index (χ1) is 8.35. The molecule has 5 nitrogen and oxygen atoms in total. The van der Waals surface area contributed by atoms with Gasteiger partial charge in [0.25, 0.3) is 0 Å². The van der Waals surface area contributed by atoms with E-state index in [9.17, 15) is 0 Å².